The second-order valence-corrected chi connectivity index (χ2v) is 5.86. The Balaban J connectivity index is 1.52. The van der Waals surface area contributed by atoms with Gasteiger partial charge in [-0.1, -0.05) is 12.1 Å². The monoisotopic (exact) mass is 308 g/mol. The van der Waals surface area contributed by atoms with Crippen LogP contribution >= 0.6 is 0 Å². The molecule has 3 rings (SSSR count). The van der Waals surface area contributed by atoms with Crippen LogP contribution in [0.2, 0.25) is 0 Å². The highest BCUT2D eigenvalue weighted by atomic mass is 19.1. The molecule has 1 saturated carbocycles. The Bertz CT molecular complexity index is 499. The van der Waals surface area contributed by atoms with Crippen LogP contribution < -0.4 is 10.8 Å². The van der Waals surface area contributed by atoms with Gasteiger partial charge in [-0.05, 0) is 49.3 Å². The van der Waals surface area contributed by atoms with E-state index in [2.05, 4.69) is 10.8 Å². The highest BCUT2D eigenvalue weighted by molar-refractivity contribution is 5.73. The molecule has 120 valence electrons. The van der Waals surface area contributed by atoms with Crippen LogP contribution in [0, 0.1) is 11.7 Å². The standard InChI is InChI=1S/C16H21FN2O3/c17-13-8-6-12(7-9-13)15(11-4-5-11)18-16(20)19-22-14-3-1-2-10-21-14/h6-9,11,14-15H,1-5,10H2,(H2,18,19,20). The van der Waals surface area contributed by atoms with Gasteiger partial charge in [-0.2, -0.15) is 0 Å². The van der Waals surface area contributed by atoms with Crippen molar-refractivity contribution in [2.45, 2.75) is 44.4 Å². The van der Waals surface area contributed by atoms with Gasteiger partial charge < -0.3 is 10.1 Å². The fourth-order valence-corrected chi connectivity index (χ4v) is 2.67. The molecule has 0 radical (unpaired) electrons. The van der Waals surface area contributed by atoms with Crippen LogP contribution in [-0.4, -0.2) is 18.9 Å². The zero-order valence-electron chi connectivity index (χ0n) is 12.4. The van der Waals surface area contributed by atoms with E-state index in [1.165, 1.54) is 12.1 Å². The largest absolute Gasteiger partial charge is 0.350 e. The number of hydroxylamine groups is 1. The molecule has 2 fully saturated rings. The number of hydrogen-bond donors (Lipinski definition) is 2. The summed E-state index contributed by atoms with van der Waals surface area (Å²) in [7, 11) is 0. The van der Waals surface area contributed by atoms with Crippen molar-refractivity contribution in [1.29, 1.82) is 0 Å². The smallest absolute Gasteiger partial charge is 0.339 e. The van der Waals surface area contributed by atoms with Gasteiger partial charge in [-0.3, -0.25) is 0 Å². The SMILES string of the molecule is O=C(NOC1CCCCO1)NC(c1ccc(F)cc1)C1CC1. The van der Waals surface area contributed by atoms with Gasteiger partial charge in [-0.25, -0.2) is 19.5 Å². The molecule has 1 saturated heterocycles. The first-order valence-electron chi connectivity index (χ1n) is 7.81. The summed E-state index contributed by atoms with van der Waals surface area (Å²) in [6.07, 6.45) is 4.60. The molecule has 1 aromatic carbocycles. The van der Waals surface area contributed by atoms with Gasteiger partial charge >= 0.3 is 6.03 Å². The van der Waals surface area contributed by atoms with Crippen molar-refractivity contribution in [1.82, 2.24) is 10.8 Å². The third-order valence-corrected chi connectivity index (χ3v) is 4.03. The minimum atomic E-state index is -0.393. The summed E-state index contributed by atoms with van der Waals surface area (Å²) in [4.78, 5) is 17.2. The van der Waals surface area contributed by atoms with Crippen LogP contribution in [0.1, 0.15) is 43.7 Å². The number of nitrogens with one attached hydrogen (secondary N) is 2. The highest BCUT2D eigenvalue weighted by Crippen LogP contribution is 2.40. The Morgan fingerprint density at radius 2 is 2.00 bits per heavy atom. The second-order valence-electron chi connectivity index (χ2n) is 5.86. The molecule has 2 amide bonds. The van der Waals surface area contributed by atoms with Crippen LogP contribution in [-0.2, 0) is 9.57 Å². The van der Waals surface area contributed by atoms with Crippen LogP contribution in [0.25, 0.3) is 0 Å². The first-order chi connectivity index (χ1) is 10.7. The molecule has 2 atom stereocenters. The molecule has 2 unspecified atom stereocenters. The van der Waals surface area contributed by atoms with Gasteiger partial charge in [-0.15, -0.1) is 0 Å². The van der Waals surface area contributed by atoms with E-state index < -0.39 is 6.03 Å². The van der Waals surface area contributed by atoms with Crippen LogP contribution in [0.3, 0.4) is 0 Å². The number of urea groups is 1. The third-order valence-electron chi connectivity index (χ3n) is 4.03. The lowest BCUT2D eigenvalue weighted by Crippen LogP contribution is -2.41. The van der Waals surface area contributed by atoms with Gasteiger partial charge in [0, 0.05) is 13.0 Å². The zero-order valence-corrected chi connectivity index (χ0v) is 12.4. The molecule has 1 heterocycles. The minimum Gasteiger partial charge on any atom is -0.350 e. The average Bonchev–Trinajstić information content (AvgIpc) is 3.37. The van der Waals surface area contributed by atoms with E-state index in [0.717, 1.165) is 37.7 Å². The number of benzene rings is 1. The first-order valence-corrected chi connectivity index (χ1v) is 7.81. The average molecular weight is 308 g/mol. The number of carbonyl (C=O) groups excluding carboxylic acids is 1. The molecule has 2 aliphatic rings. The van der Waals surface area contributed by atoms with Crippen molar-refractivity contribution in [3.63, 3.8) is 0 Å². The normalized spacial score (nSPS) is 22.9. The maximum absolute atomic E-state index is 13.0. The zero-order chi connectivity index (χ0) is 15.4. The third kappa shape index (κ3) is 4.18. The first kappa shape index (κ1) is 15.2. The van der Waals surface area contributed by atoms with Crippen molar-refractivity contribution in [3.8, 4) is 0 Å². The summed E-state index contributed by atoms with van der Waals surface area (Å²) >= 11 is 0. The van der Waals surface area contributed by atoms with Gasteiger partial charge in [0.15, 0.2) is 6.29 Å². The fourth-order valence-electron chi connectivity index (χ4n) is 2.67. The lowest BCUT2D eigenvalue weighted by molar-refractivity contribution is -0.186. The number of rotatable bonds is 5. The second kappa shape index (κ2) is 7.07. The van der Waals surface area contributed by atoms with Crippen molar-refractivity contribution in [2.75, 3.05) is 6.61 Å². The van der Waals surface area contributed by atoms with Gasteiger partial charge in [0.05, 0.1) is 6.04 Å². The molecule has 6 heteroatoms. The Morgan fingerprint density at radius 3 is 2.64 bits per heavy atom. The molecule has 22 heavy (non-hydrogen) atoms. The van der Waals surface area contributed by atoms with Gasteiger partial charge in [0.1, 0.15) is 5.82 Å². The number of halogens is 1. The quantitative estimate of drug-likeness (QED) is 0.822. The predicted octanol–water partition coefficient (Wildman–Crippen LogP) is 3.03. The molecule has 2 N–H and O–H groups in total. The van der Waals surface area contributed by atoms with Gasteiger partial charge in [0.25, 0.3) is 0 Å². The number of ether oxygens (including phenoxy) is 1. The van der Waals surface area contributed by atoms with Crippen LogP contribution in [0.4, 0.5) is 9.18 Å². The van der Waals surface area contributed by atoms with E-state index in [0.29, 0.717) is 12.5 Å². The highest BCUT2D eigenvalue weighted by Gasteiger charge is 2.33. The van der Waals surface area contributed by atoms with Crippen molar-refractivity contribution < 1.29 is 18.8 Å². The Morgan fingerprint density at radius 1 is 1.23 bits per heavy atom. The molecule has 1 aliphatic heterocycles. The molecule has 1 aromatic rings. The molecular weight excluding hydrogens is 287 g/mol. The van der Waals surface area contributed by atoms with E-state index in [4.69, 9.17) is 9.57 Å². The van der Waals surface area contributed by atoms with Crippen LogP contribution in [0.15, 0.2) is 24.3 Å². The summed E-state index contributed by atoms with van der Waals surface area (Å²) in [5.74, 6) is 0.127. The van der Waals surface area contributed by atoms with Gasteiger partial charge in [0.2, 0.25) is 0 Å². The van der Waals surface area contributed by atoms with E-state index in [-0.39, 0.29) is 18.1 Å². The summed E-state index contributed by atoms with van der Waals surface area (Å²) in [5.41, 5.74) is 3.31. The fraction of sp³-hybridized carbons (Fsp3) is 0.562. The van der Waals surface area contributed by atoms with E-state index in [1.807, 2.05) is 0 Å². The summed E-state index contributed by atoms with van der Waals surface area (Å²) in [5, 5.41) is 2.90. The Hall–Kier alpha value is -1.66. The maximum Gasteiger partial charge on any atom is 0.339 e. The summed E-state index contributed by atoms with van der Waals surface area (Å²) in [6.45, 7) is 0.661. The molecular formula is C16H21FN2O3. The lowest BCUT2D eigenvalue weighted by Gasteiger charge is -2.23. The van der Waals surface area contributed by atoms with Crippen molar-refractivity contribution in [3.05, 3.63) is 35.6 Å². The number of hydrogen-bond acceptors (Lipinski definition) is 3. The van der Waals surface area contributed by atoms with E-state index in [1.54, 1.807) is 12.1 Å². The molecule has 1 aliphatic carbocycles. The minimum absolute atomic E-state index is 0.114. The number of amides is 2. The number of carbonyl (C=O) groups is 1. The van der Waals surface area contributed by atoms with Crippen LogP contribution in [0.5, 0.6) is 0 Å². The molecule has 5 nitrogen and oxygen atoms in total. The topological polar surface area (TPSA) is 59.6 Å². The molecule has 0 aromatic heterocycles. The van der Waals surface area contributed by atoms with E-state index in [9.17, 15) is 9.18 Å². The predicted molar refractivity (Wildman–Crippen MR) is 78.2 cm³/mol. The summed E-state index contributed by atoms with van der Waals surface area (Å²) in [6, 6.07) is 5.74. The Kier molecular flexibility index (Phi) is 4.90. The molecule has 0 spiro atoms. The summed E-state index contributed by atoms with van der Waals surface area (Å²) < 4.78 is 18.4. The maximum atomic E-state index is 13.0. The molecule has 0 bridgehead atoms. The Labute approximate surface area is 129 Å². The van der Waals surface area contributed by atoms with E-state index >= 15 is 0 Å². The lowest BCUT2D eigenvalue weighted by atomic mass is 10.0. The van der Waals surface area contributed by atoms with Crippen molar-refractivity contribution in [2.24, 2.45) is 5.92 Å². The van der Waals surface area contributed by atoms with Crippen molar-refractivity contribution >= 4 is 6.03 Å².